The van der Waals surface area contributed by atoms with Crippen LogP contribution in [0.4, 0.5) is 18.3 Å². The molecule has 3 aromatic rings. The fraction of sp³-hybridized carbons (Fsp3) is 0.364. The van der Waals surface area contributed by atoms with Gasteiger partial charge in [0.2, 0.25) is 0 Å². The summed E-state index contributed by atoms with van der Waals surface area (Å²) in [6.45, 7) is 2.21. The average molecular weight is 500 g/mol. The quantitative estimate of drug-likeness (QED) is 0.457. The monoisotopic (exact) mass is 499 g/mol. The lowest BCUT2D eigenvalue weighted by Gasteiger charge is -2.17. The molecule has 0 aliphatic carbocycles. The molecule has 0 radical (unpaired) electrons. The van der Waals surface area contributed by atoms with Gasteiger partial charge in [0.15, 0.2) is 5.13 Å². The number of hydrogen-bond acceptors (Lipinski definition) is 6. The summed E-state index contributed by atoms with van der Waals surface area (Å²) < 4.78 is 45.1. The molecule has 0 saturated carbocycles. The van der Waals surface area contributed by atoms with E-state index in [1.54, 1.807) is 6.07 Å². The van der Waals surface area contributed by atoms with Gasteiger partial charge in [0, 0.05) is 29.8 Å². The number of carbonyl (C=O) groups is 1. The molecule has 1 amide bonds. The number of methoxy groups -OCH3 is 1. The van der Waals surface area contributed by atoms with Gasteiger partial charge in [-0.15, -0.1) is 0 Å². The summed E-state index contributed by atoms with van der Waals surface area (Å²) in [6.07, 6.45) is -2.37. The van der Waals surface area contributed by atoms with Gasteiger partial charge in [-0.1, -0.05) is 22.9 Å². The maximum atomic E-state index is 13.3. The number of rotatable bonds is 6. The number of nitrogens with zero attached hydrogens (tertiary/aromatic N) is 2. The number of likely N-dealkylation sites (tertiary alicyclic amines) is 1. The number of alkyl halides is 3. The van der Waals surface area contributed by atoms with Crippen LogP contribution < -0.4 is 5.32 Å². The molecule has 6 nitrogen and oxygen atoms in total. The molecule has 4 rings (SSSR count). The number of carbonyl (C=O) groups excluding carboxylic acids is 1. The number of aromatic hydroxyl groups is 1. The minimum absolute atomic E-state index is 0.0240. The van der Waals surface area contributed by atoms with Crippen molar-refractivity contribution in [3.05, 3.63) is 51.5 Å². The molecule has 0 bridgehead atoms. The Morgan fingerprint density at radius 2 is 1.97 bits per heavy atom. The van der Waals surface area contributed by atoms with Crippen LogP contribution in [-0.2, 0) is 24.1 Å². The van der Waals surface area contributed by atoms with E-state index < -0.39 is 17.6 Å². The van der Waals surface area contributed by atoms with E-state index >= 15 is 0 Å². The second-order valence-electron chi connectivity index (χ2n) is 7.83. The Morgan fingerprint density at radius 1 is 1.24 bits per heavy atom. The van der Waals surface area contributed by atoms with E-state index in [0.29, 0.717) is 22.6 Å². The minimum atomic E-state index is -4.53. The Balaban J connectivity index is 1.63. The molecule has 2 aromatic carbocycles. The van der Waals surface area contributed by atoms with Crippen LogP contribution in [0.25, 0.3) is 10.2 Å². The molecule has 176 valence electrons. The minimum Gasteiger partial charge on any atom is -0.507 e. The lowest BCUT2D eigenvalue weighted by molar-refractivity contribution is -0.137. The van der Waals surface area contributed by atoms with Gasteiger partial charge in [-0.2, -0.15) is 13.2 Å². The van der Waals surface area contributed by atoms with Crippen LogP contribution in [0.1, 0.15) is 39.9 Å². The molecular weight excluding hydrogens is 479 g/mol. The van der Waals surface area contributed by atoms with Gasteiger partial charge in [0.25, 0.3) is 5.91 Å². The molecule has 0 spiro atoms. The van der Waals surface area contributed by atoms with Crippen LogP contribution >= 0.6 is 22.9 Å². The Bertz CT molecular complexity index is 1190. The van der Waals surface area contributed by atoms with Crippen molar-refractivity contribution in [2.24, 2.45) is 0 Å². The molecule has 1 aliphatic heterocycles. The van der Waals surface area contributed by atoms with Gasteiger partial charge >= 0.3 is 6.18 Å². The number of phenolic OH excluding ortho intramolecular Hbond substituents is 1. The maximum Gasteiger partial charge on any atom is 0.416 e. The fourth-order valence-electron chi connectivity index (χ4n) is 3.88. The number of benzene rings is 2. The topological polar surface area (TPSA) is 74.7 Å². The number of halogens is 4. The number of hydrogen-bond donors (Lipinski definition) is 2. The first-order valence-electron chi connectivity index (χ1n) is 10.2. The van der Waals surface area contributed by atoms with E-state index in [1.807, 2.05) is 0 Å². The molecule has 1 fully saturated rings. The van der Waals surface area contributed by atoms with Crippen molar-refractivity contribution in [2.45, 2.75) is 32.2 Å². The number of thiazole rings is 1. The van der Waals surface area contributed by atoms with Crippen LogP contribution in [0, 0.1) is 0 Å². The number of fused-ring (bicyclic) bond motifs is 1. The van der Waals surface area contributed by atoms with E-state index in [1.165, 1.54) is 13.2 Å². The molecule has 0 unspecified atom stereocenters. The van der Waals surface area contributed by atoms with Gasteiger partial charge in [0.1, 0.15) is 5.75 Å². The third kappa shape index (κ3) is 5.24. The first-order valence-corrected chi connectivity index (χ1v) is 11.4. The largest absolute Gasteiger partial charge is 0.507 e. The van der Waals surface area contributed by atoms with E-state index in [4.69, 9.17) is 16.3 Å². The molecule has 33 heavy (non-hydrogen) atoms. The first-order chi connectivity index (χ1) is 15.7. The molecular formula is C22H21ClF3N3O3S. The van der Waals surface area contributed by atoms with Crippen LogP contribution in [0.3, 0.4) is 0 Å². The van der Waals surface area contributed by atoms with Crippen molar-refractivity contribution in [2.75, 3.05) is 25.5 Å². The summed E-state index contributed by atoms with van der Waals surface area (Å²) in [5.41, 5.74) is 0.274. The van der Waals surface area contributed by atoms with Gasteiger partial charge < -0.3 is 9.84 Å². The Hall–Kier alpha value is -2.40. The van der Waals surface area contributed by atoms with Crippen molar-refractivity contribution < 1.29 is 27.8 Å². The highest BCUT2D eigenvalue weighted by Crippen LogP contribution is 2.37. The highest BCUT2D eigenvalue weighted by molar-refractivity contribution is 7.22. The molecule has 1 aromatic heterocycles. The van der Waals surface area contributed by atoms with E-state index in [-0.39, 0.29) is 33.3 Å². The number of anilines is 1. The normalized spacial score (nSPS) is 14.8. The highest BCUT2D eigenvalue weighted by Gasteiger charge is 2.32. The van der Waals surface area contributed by atoms with Gasteiger partial charge in [0.05, 0.1) is 28.0 Å². The molecule has 0 atom stereocenters. The third-order valence-electron chi connectivity index (χ3n) is 5.41. The Labute approximate surface area is 196 Å². The van der Waals surface area contributed by atoms with Crippen LogP contribution in [0.15, 0.2) is 24.3 Å². The second-order valence-corrected chi connectivity index (χ2v) is 9.30. The van der Waals surface area contributed by atoms with Crippen LogP contribution in [-0.4, -0.2) is 41.1 Å². The fourth-order valence-corrected chi connectivity index (χ4v) is 5.07. The third-order valence-corrected chi connectivity index (χ3v) is 6.55. The number of ether oxygens (including phenoxy) is 1. The Kier molecular flexibility index (Phi) is 6.81. The number of aromatic nitrogens is 1. The van der Waals surface area contributed by atoms with Gasteiger partial charge in [-0.05, 0) is 50.2 Å². The van der Waals surface area contributed by atoms with E-state index in [0.717, 1.165) is 49.4 Å². The molecule has 1 saturated heterocycles. The highest BCUT2D eigenvalue weighted by atomic mass is 35.5. The molecule has 1 aliphatic rings. The van der Waals surface area contributed by atoms with Gasteiger partial charge in [-0.25, -0.2) is 4.98 Å². The van der Waals surface area contributed by atoms with E-state index in [9.17, 15) is 23.1 Å². The summed E-state index contributed by atoms with van der Waals surface area (Å²) in [7, 11) is 1.38. The Morgan fingerprint density at radius 3 is 2.64 bits per heavy atom. The molecule has 2 heterocycles. The standard InChI is InChI=1S/C22H21ClF3N3O3S/c1-32-11-13-6-14(22(24,25)26)8-17-18(13)27-21(33-17)28-20(31)16-9-15(23)7-12(19(16)30)10-29-4-2-3-5-29/h6-9,30H,2-5,10-11H2,1H3,(H,27,28,31). The summed E-state index contributed by atoms with van der Waals surface area (Å²) in [5, 5.41) is 13.7. The molecule has 2 N–H and O–H groups in total. The molecule has 11 heteroatoms. The zero-order valence-corrected chi connectivity index (χ0v) is 19.2. The summed E-state index contributed by atoms with van der Waals surface area (Å²) >= 11 is 7.10. The van der Waals surface area contributed by atoms with Crippen molar-refractivity contribution in [1.29, 1.82) is 0 Å². The second kappa shape index (κ2) is 9.46. The lowest BCUT2D eigenvalue weighted by atomic mass is 10.1. The summed E-state index contributed by atoms with van der Waals surface area (Å²) in [5.74, 6) is -0.828. The lowest BCUT2D eigenvalue weighted by Crippen LogP contribution is -2.19. The zero-order valence-electron chi connectivity index (χ0n) is 17.6. The van der Waals surface area contributed by atoms with E-state index in [2.05, 4.69) is 15.2 Å². The predicted molar refractivity (Wildman–Crippen MR) is 121 cm³/mol. The van der Waals surface area contributed by atoms with Crippen molar-refractivity contribution in [1.82, 2.24) is 9.88 Å². The average Bonchev–Trinajstić information content (AvgIpc) is 3.39. The van der Waals surface area contributed by atoms with Gasteiger partial charge in [-0.3, -0.25) is 15.0 Å². The van der Waals surface area contributed by atoms with Crippen molar-refractivity contribution >= 4 is 44.2 Å². The predicted octanol–water partition coefficient (Wildman–Crippen LogP) is 5.67. The van der Waals surface area contributed by atoms with Crippen molar-refractivity contribution in [3.8, 4) is 5.75 Å². The zero-order chi connectivity index (χ0) is 23.8. The van der Waals surface area contributed by atoms with Crippen molar-refractivity contribution in [3.63, 3.8) is 0 Å². The smallest absolute Gasteiger partial charge is 0.416 e. The summed E-state index contributed by atoms with van der Waals surface area (Å²) in [6, 6.07) is 4.96. The maximum absolute atomic E-state index is 13.3. The SMILES string of the molecule is COCc1cc(C(F)(F)F)cc2sc(NC(=O)c3cc(Cl)cc(CN4CCCC4)c3O)nc12. The van der Waals surface area contributed by atoms with Crippen LogP contribution in [0.2, 0.25) is 5.02 Å². The number of phenols is 1. The first kappa shape index (κ1) is 23.7. The number of amides is 1. The van der Waals surface area contributed by atoms with Crippen LogP contribution in [0.5, 0.6) is 5.75 Å². The summed E-state index contributed by atoms with van der Waals surface area (Å²) in [4.78, 5) is 19.4. The number of nitrogens with one attached hydrogen (secondary N) is 1.